The van der Waals surface area contributed by atoms with E-state index in [0.717, 1.165) is 22.6 Å². The number of hydrogen-bond donors (Lipinski definition) is 1. The molecule has 0 aliphatic carbocycles. The molecule has 0 amide bonds. The highest BCUT2D eigenvalue weighted by molar-refractivity contribution is 5.48. The highest BCUT2D eigenvalue weighted by atomic mass is 19.1. The second-order valence-electron chi connectivity index (χ2n) is 5.20. The van der Waals surface area contributed by atoms with Gasteiger partial charge in [0.2, 0.25) is 0 Å². The molecule has 0 saturated heterocycles. The van der Waals surface area contributed by atoms with E-state index in [1.54, 1.807) is 13.2 Å². The standard InChI is InChI=1S/C17H21FN2O/c1-12(19)13-7-8-17(21-3)14(9-13)11-20(2)16-6-4-5-15(18)10-16/h4-10,12H,11,19H2,1-3H3. The smallest absolute Gasteiger partial charge is 0.125 e. The molecule has 2 aromatic carbocycles. The third kappa shape index (κ3) is 3.73. The summed E-state index contributed by atoms with van der Waals surface area (Å²) in [7, 11) is 3.57. The van der Waals surface area contributed by atoms with E-state index in [9.17, 15) is 4.39 Å². The van der Waals surface area contributed by atoms with Crippen LogP contribution < -0.4 is 15.4 Å². The molecule has 0 saturated carbocycles. The molecule has 0 aliphatic rings. The first kappa shape index (κ1) is 15.3. The third-order valence-electron chi connectivity index (χ3n) is 3.49. The van der Waals surface area contributed by atoms with Crippen LogP contribution in [0.5, 0.6) is 5.75 Å². The van der Waals surface area contributed by atoms with Crippen molar-refractivity contribution in [2.75, 3.05) is 19.1 Å². The summed E-state index contributed by atoms with van der Waals surface area (Å²) in [5, 5.41) is 0. The topological polar surface area (TPSA) is 38.5 Å². The molecule has 0 radical (unpaired) electrons. The summed E-state index contributed by atoms with van der Waals surface area (Å²) < 4.78 is 18.7. The second-order valence-corrected chi connectivity index (χ2v) is 5.20. The zero-order chi connectivity index (χ0) is 15.4. The van der Waals surface area contributed by atoms with Gasteiger partial charge < -0.3 is 15.4 Å². The largest absolute Gasteiger partial charge is 0.496 e. The number of nitrogens with zero attached hydrogens (tertiary/aromatic N) is 1. The summed E-state index contributed by atoms with van der Waals surface area (Å²) in [6, 6.07) is 12.4. The maximum absolute atomic E-state index is 13.3. The molecular weight excluding hydrogens is 267 g/mol. The Labute approximate surface area is 125 Å². The minimum atomic E-state index is -0.240. The average Bonchev–Trinajstić information content (AvgIpc) is 2.47. The van der Waals surface area contributed by atoms with E-state index in [1.807, 2.05) is 43.1 Å². The average molecular weight is 288 g/mol. The maximum atomic E-state index is 13.3. The fourth-order valence-electron chi connectivity index (χ4n) is 2.27. The summed E-state index contributed by atoms with van der Waals surface area (Å²) in [6.45, 7) is 2.56. The van der Waals surface area contributed by atoms with Crippen molar-refractivity contribution in [2.45, 2.75) is 19.5 Å². The predicted molar refractivity (Wildman–Crippen MR) is 84.1 cm³/mol. The Balaban J connectivity index is 2.27. The molecule has 21 heavy (non-hydrogen) atoms. The van der Waals surface area contributed by atoms with Crippen molar-refractivity contribution < 1.29 is 9.13 Å². The van der Waals surface area contributed by atoms with Gasteiger partial charge in [-0.1, -0.05) is 12.1 Å². The van der Waals surface area contributed by atoms with Gasteiger partial charge in [-0.25, -0.2) is 4.39 Å². The highest BCUT2D eigenvalue weighted by Gasteiger charge is 2.10. The van der Waals surface area contributed by atoms with Crippen molar-refractivity contribution in [3.63, 3.8) is 0 Å². The van der Waals surface area contributed by atoms with Crippen LogP contribution in [0.4, 0.5) is 10.1 Å². The maximum Gasteiger partial charge on any atom is 0.125 e. The van der Waals surface area contributed by atoms with Crippen LogP contribution in [0, 0.1) is 5.82 Å². The zero-order valence-electron chi connectivity index (χ0n) is 12.6. The summed E-state index contributed by atoms with van der Waals surface area (Å²) in [5.41, 5.74) is 8.84. The number of hydrogen-bond acceptors (Lipinski definition) is 3. The molecule has 0 bridgehead atoms. The first-order valence-corrected chi connectivity index (χ1v) is 6.90. The summed E-state index contributed by atoms with van der Waals surface area (Å²) >= 11 is 0. The van der Waals surface area contributed by atoms with Crippen molar-refractivity contribution >= 4 is 5.69 Å². The Hall–Kier alpha value is -2.07. The number of halogens is 1. The van der Waals surface area contributed by atoms with E-state index in [1.165, 1.54) is 12.1 Å². The van der Waals surface area contributed by atoms with Crippen LogP contribution in [0.3, 0.4) is 0 Å². The Kier molecular flexibility index (Phi) is 4.81. The molecule has 0 aliphatic heterocycles. The molecule has 2 rings (SSSR count). The first-order chi connectivity index (χ1) is 10.0. The number of rotatable bonds is 5. The van der Waals surface area contributed by atoms with Crippen LogP contribution in [0.1, 0.15) is 24.1 Å². The van der Waals surface area contributed by atoms with Gasteiger partial charge in [0.15, 0.2) is 0 Å². The lowest BCUT2D eigenvalue weighted by Gasteiger charge is -2.21. The fourth-order valence-corrected chi connectivity index (χ4v) is 2.27. The number of ether oxygens (including phenoxy) is 1. The second kappa shape index (κ2) is 6.59. The zero-order valence-corrected chi connectivity index (χ0v) is 12.6. The number of anilines is 1. The van der Waals surface area contributed by atoms with Crippen molar-refractivity contribution in [3.05, 3.63) is 59.4 Å². The van der Waals surface area contributed by atoms with E-state index in [0.29, 0.717) is 6.54 Å². The molecular formula is C17H21FN2O. The van der Waals surface area contributed by atoms with Crippen LogP contribution in [0.25, 0.3) is 0 Å². The van der Waals surface area contributed by atoms with Gasteiger partial charge in [-0.3, -0.25) is 0 Å². The van der Waals surface area contributed by atoms with Gasteiger partial charge in [0.1, 0.15) is 11.6 Å². The van der Waals surface area contributed by atoms with E-state index in [-0.39, 0.29) is 11.9 Å². The molecule has 2 N–H and O–H groups in total. The molecule has 3 nitrogen and oxygen atoms in total. The molecule has 1 atom stereocenters. The van der Waals surface area contributed by atoms with E-state index < -0.39 is 0 Å². The fraction of sp³-hybridized carbons (Fsp3) is 0.294. The number of benzene rings is 2. The van der Waals surface area contributed by atoms with Crippen LogP contribution in [-0.2, 0) is 6.54 Å². The molecule has 0 heterocycles. The Morgan fingerprint density at radius 3 is 2.62 bits per heavy atom. The van der Waals surface area contributed by atoms with Crippen LogP contribution in [0.2, 0.25) is 0 Å². The molecule has 0 aromatic heterocycles. The Morgan fingerprint density at radius 1 is 1.24 bits per heavy atom. The normalized spacial score (nSPS) is 12.0. The van der Waals surface area contributed by atoms with Crippen molar-refractivity contribution in [3.8, 4) is 5.75 Å². The third-order valence-corrected chi connectivity index (χ3v) is 3.49. The van der Waals surface area contributed by atoms with Gasteiger partial charge in [-0.15, -0.1) is 0 Å². The minimum Gasteiger partial charge on any atom is -0.496 e. The van der Waals surface area contributed by atoms with Crippen molar-refractivity contribution in [1.82, 2.24) is 0 Å². The van der Waals surface area contributed by atoms with Gasteiger partial charge in [0, 0.05) is 30.9 Å². The van der Waals surface area contributed by atoms with Gasteiger partial charge in [0.25, 0.3) is 0 Å². The lowest BCUT2D eigenvalue weighted by molar-refractivity contribution is 0.409. The Morgan fingerprint density at radius 2 is 2.00 bits per heavy atom. The summed E-state index contributed by atoms with van der Waals surface area (Å²) in [5.74, 6) is 0.568. The van der Waals surface area contributed by atoms with Crippen molar-refractivity contribution in [1.29, 1.82) is 0 Å². The van der Waals surface area contributed by atoms with E-state index >= 15 is 0 Å². The van der Waals surface area contributed by atoms with Crippen LogP contribution in [-0.4, -0.2) is 14.2 Å². The summed E-state index contributed by atoms with van der Waals surface area (Å²) in [4.78, 5) is 1.98. The molecule has 0 spiro atoms. The molecule has 2 aromatic rings. The number of nitrogens with two attached hydrogens (primary N) is 1. The minimum absolute atomic E-state index is 0.0332. The van der Waals surface area contributed by atoms with Crippen LogP contribution in [0.15, 0.2) is 42.5 Å². The molecule has 0 fully saturated rings. The molecule has 4 heteroatoms. The van der Waals surface area contributed by atoms with Gasteiger partial charge in [-0.05, 0) is 42.8 Å². The van der Waals surface area contributed by atoms with Gasteiger partial charge >= 0.3 is 0 Å². The lowest BCUT2D eigenvalue weighted by Crippen LogP contribution is -2.17. The SMILES string of the molecule is COc1ccc(C(C)N)cc1CN(C)c1cccc(F)c1. The lowest BCUT2D eigenvalue weighted by atomic mass is 10.0. The first-order valence-electron chi connectivity index (χ1n) is 6.90. The van der Waals surface area contributed by atoms with E-state index in [4.69, 9.17) is 10.5 Å². The van der Waals surface area contributed by atoms with Gasteiger partial charge in [-0.2, -0.15) is 0 Å². The van der Waals surface area contributed by atoms with Crippen molar-refractivity contribution in [2.24, 2.45) is 5.73 Å². The quantitative estimate of drug-likeness (QED) is 0.915. The summed E-state index contributed by atoms with van der Waals surface area (Å²) in [6.07, 6.45) is 0. The number of methoxy groups -OCH3 is 1. The Bertz CT molecular complexity index is 613. The molecule has 112 valence electrons. The highest BCUT2D eigenvalue weighted by Crippen LogP contribution is 2.25. The monoisotopic (exact) mass is 288 g/mol. The van der Waals surface area contributed by atoms with Gasteiger partial charge in [0.05, 0.1) is 7.11 Å². The molecule has 1 unspecified atom stereocenters. The predicted octanol–water partition coefficient (Wildman–Crippen LogP) is 3.49. The van der Waals surface area contributed by atoms with Crippen LogP contribution >= 0.6 is 0 Å². The van der Waals surface area contributed by atoms with E-state index in [2.05, 4.69) is 0 Å².